The van der Waals surface area contributed by atoms with Crippen molar-refractivity contribution in [1.82, 2.24) is 10.2 Å². The summed E-state index contributed by atoms with van der Waals surface area (Å²) in [7, 11) is 1.93. The molecule has 5 nitrogen and oxygen atoms in total. The van der Waals surface area contributed by atoms with E-state index in [1.165, 1.54) is 36.0 Å². The minimum absolute atomic E-state index is 0.0787. The van der Waals surface area contributed by atoms with Gasteiger partial charge in [0.1, 0.15) is 5.75 Å². The fourth-order valence-corrected chi connectivity index (χ4v) is 4.78. The molecule has 2 aromatic rings. The third kappa shape index (κ3) is 5.16. The second-order valence-electron chi connectivity index (χ2n) is 9.63. The number of hydrogen-bond donors (Lipinski definition) is 1. The minimum atomic E-state index is 0.0787. The lowest BCUT2D eigenvalue weighted by Gasteiger charge is -2.24. The molecule has 1 amide bonds. The van der Waals surface area contributed by atoms with Gasteiger partial charge in [0.15, 0.2) is 0 Å². The molecule has 2 aliphatic carbocycles. The van der Waals surface area contributed by atoms with Crippen LogP contribution in [0, 0.1) is 5.92 Å². The third-order valence-electron chi connectivity index (χ3n) is 7.06. The molecular weight excluding hydrogens is 400 g/mol. The highest BCUT2D eigenvalue weighted by atomic mass is 16.5. The number of carbonyl (C=O) groups excluding carboxylic acids is 1. The molecule has 2 aromatic carbocycles. The molecular formula is C27H34N2O3. The Bertz CT molecular complexity index is 932. The summed E-state index contributed by atoms with van der Waals surface area (Å²) >= 11 is 0. The highest BCUT2D eigenvalue weighted by Gasteiger charge is 2.28. The predicted octanol–water partition coefficient (Wildman–Crippen LogP) is 3.98. The van der Waals surface area contributed by atoms with Crippen molar-refractivity contribution in [2.75, 3.05) is 26.8 Å². The van der Waals surface area contributed by atoms with Crippen molar-refractivity contribution >= 4 is 5.91 Å². The molecule has 2 atom stereocenters. The van der Waals surface area contributed by atoms with E-state index in [0.717, 1.165) is 62.8 Å². The number of hydrogen-bond acceptors (Lipinski definition) is 4. The first-order valence-corrected chi connectivity index (χ1v) is 12.1. The fraction of sp³-hybridized carbons (Fsp3) is 0.519. The Balaban J connectivity index is 1.14. The van der Waals surface area contributed by atoms with Gasteiger partial charge in [0.2, 0.25) is 0 Å². The Morgan fingerprint density at radius 1 is 1.09 bits per heavy atom. The zero-order chi connectivity index (χ0) is 21.9. The number of carbonyl (C=O) groups is 1. The first kappa shape index (κ1) is 21.5. The van der Waals surface area contributed by atoms with Crippen LogP contribution in [0.25, 0.3) is 0 Å². The van der Waals surface area contributed by atoms with Crippen molar-refractivity contribution in [3.63, 3.8) is 0 Å². The van der Waals surface area contributed by atoms with E-state index in [2.05, 4.69) is 23.5 Å². The van der Waals surface area contributed by atoms with Gasteiger partial charge in [-0.2, -0.15) is 0 Å². The van der Waals surface area contributed by atoms with Crippen molar-refractivity contribution in [1.29, 1.82) is 0 Å². The summed E-state index contributed by atoms with van der Waals surface area (Å²) in [5.41, 5.74) is 4.76. The number of rotatable bonds is 9. The van der Waals surface area contributed by atoms with Gasteiger partial charge in [-0.05, 0) is 85.4 Å². The minimum Gasteiger partial charge on any atom is -0.493 e. The lowest BCUT2D eigenvalue weighted by molar-refractivity contribution is 0.0737. The summed E-state index contributed by atoms with van der Waals surface area (Å²) < 4.78 is 11.5. The molecule has 2 fully saturated rings. The Morgan fingerprint density at radius 2 is 1.91 bits per heavy atom. The average molecular weight is 435 g/mol. The Morgan fingerprint density at radius 3 is 2.66 bits per heavy atom. The molecule has 1 N–H and O–H groups in total. The number of amides is 1. The molecule has 170 valence electrons. The van der Waals surface area contributed by atoms with Gasteiger partial charge in [0, 0.05) is 38.3 Å². The molecule has 1 heterocycles. The molecule has 1 saturated carbocycles. The molecule has 5 rings (SSSR count). The molecule has 5 heteroatoms. The second kappa shape index (κ2) is 9.63. The largest absolute Gasteiger partial charge is 0.493 e. The van der Waals surface area contributed by atoms with E-state index in [-0.39, 0.29) is 11.9 Å². The number of nitrogens with one attached hydrogen (secondary N) is 1. The molecule has 1 saturated heterocycles. The summed E-state index contributed by atoms with van der Waals surface area (Å²) in [5.74, 6) is 1.66. The fourth-order valence-electron chi connectivity index (χ4n) is 4.78. The quantitative estimate of drug-likeness (QED) is 0.649. The number of nitrogens with zero attached hydrogens (tertiary/aromatic N) is 1. The zero-order valence-corrected chi connectivity index (χ0v) is 19.0. The highest BCUT2D eigenvalue weighted by Crippen LogP contribution is 2.30. The number of ether oxygens (including phenoxy) is 2. The van der Waals surface area contributed by atoms with Crippen molar-refractivity contribution in [3.05, 3.63) is 64.7 Å². The van der Waals surface area contributed by atoms with Crippen LogP contribution in [-0.4, -0.2) is 49.8 Å². The first-order chi connectivity index (χ1) is 15.7. The van der Waals surface area contributed by atoms with Crippen LogP contribution >= 0.6 is 0 Å². The lowest BCUT2D eigenvalue weighted by atomic mass is 10.1. The van der Waals surface area contributed by atoms with E-state index < -0.39 is 0 Å². The van der Waals surface area contributed by atoms with Crippen LogP contribution in [0.1, 0.15) is 52.7 Å². The number of benzene rings is 2. The van der Waals surface area contributed by atoms with Gasteiger partial charge in [-0.15, -0.1) is 0 Å². The Kier molecular flexibility index (Phi) is 6.47. The summed E-state index contributed by atoms with van der Waals surface area (Å²) in [5, 5.41) is 3.53. The Hall–Kier alpha value is -2.37. The normalized spacial score (nSPS) is 22.0. The molecule has 32 heavy (non-hydrogen) atoms. The van der Waals surface area contributed by atoms with E-state index in [9.17, 15) is 4.79 Å². The maximum absolute atomic E-state index is 13.1. The number of fused-ring (bicyclic) bond motifs is 1. The van der Waals surface area contributed by atoms with E-state index in [1.54, 1.807) is 0 Å². The Labute approximate surface area is 191 Å². The van der Waals surface area contributed by atoms with Crippen LogP contribution < -0.4 is 10.1 Å². The first-order valence-electron chi connectivity index (χ1n) is 12.1. The molecule has 1 aliphatic heterocycles. The molecule has 0 aromatic heterocycles. The zero-order valence-electron chi connectivity index (χ0n) is 19.0. The summed E-state index contributed by atoms with van der Waals surface area (Å²) in [4.78, 5) is 15.0. The van der Waals surface area contributed by atoms with Gasteiger partial charge in [0.05, 0.1) is 12.7 Å². The van der Waals surface area contributed by atoms with Crippen molar-refractivity contribution in [3.8, 4) is 5.75 Å². The van der Waals surface area contributed by atoms with Crippen LogP contribution in [0.3, 0.4) is 0 Å². The van der Waals surface area contributed by atoms with E-state index in [4.69, 9.17) is 9.47 Å². The third-order valence-corrected chi connectivity index (χ3v) is 7.06. The second-order valence-corrected chi connectivity index (χ2v) is 9.63. The van der Waals surface area contributed by atoms with Crippen molar-refractivity contribution in [2.45, 2.75) is 57.2 Å². The summed E-state index contributed by atoms with van der Waals surface area (Å²) in [6, 6.07) is 14.6. The van der Waals surface area contributed by atoms with Gasteiger partial charge in [-0.25, -0.2) is 0 Å². The summed E-state index contributed by atoms with van der Waals surface area (Å²) in [6.45, 7) is 3.47. The summed E-state index contributed by atoms with van der Waals surface area (Å²) in [6.07, 6.45) is 7.10. The monoisotopic (exact) mass is 434 g/mol. The maximum atomic E-state index is 13.1. The van der Waals surface area contributed by atoms with Gasteiger partial charge in [-0.3, -0.25) is 4.79 Å². The van der Waals surface area contributed by atoms with Crippen LogP contribution in [0.15, 0.2) is 42.5 Å². The number of likely N-dealkylation sites (N-methyl/N-ethyl adjacent to an activating group) is 1. The maximum Gasteiger partial charge on any atom is 0.253 e. The van der Waals surface area contributed by atoms with Crippen LogP contribution in [0.5, 0.6) is 5.75 Å². The van der Waals surface area contributed by atoms with Crippen LogP contribution in [-0.2, 0) is 24.1 Å². The molecule has 3 aliphatic rings. The highest BCUT2D eigenvalue weighted by molar-refractivity contribution is 5.94. The van der Waals surface area contributed by atoms with E-state index >= 15 is 0 Å². The lowest BCUT2D eigenvalue weighted by Crippen LogP contribution is -2.37. The topological polar surface area (TPSA) is 50.8 Å². The molecule has 0 spiro atoms. The average Bonchev–Trinajstić information content (AvgIpc) is 3.31. The van der Waals surface area contributed by atoms with Crippen LogP contribution in [0.2, 0.25) is 0 Å². The molecule has 0 radical (unpaired) electrons. The molecule has 0 bridgehead atoms. The van der Waals surface area contributed by atoms with Crippen LogP contribution in [0.4, 0.5) is 0 Å². The van der Waals surface area contributed by atoms with Gasteiger partial charge in [-0.1, -0.05) is 18.2 Å². The standard InChI is InChI=1S/C27H34N2O3/c1-29(27(30)21-8-10-25(11-9-21)32-18-19-4-5-19)24-14-22-7-6-20(13-23(22)15-24)16-28-17-26-3-2-12-31-26/h6-11,13,19,24,26,28H,2-5,12,14-18H2,1H3/t24-,26-/m1/s1. The van der Waals surface area contributed by atoms with Gasteiger partial charge < -0.3 is 19.7 Å². The SMILES string of the molecule is CN(C(=O)c1ccc(OCC2CC2)cc1)[C@@H]1Cc2ccc(CNC[C@H]3CCCO3)cc2C1. The van der Waals surface area contributed by atoms with E-state index in [1.807, 2.05) is 36.2 Å². The predicted molar refractivity (Wildman–Crippen MR) is 125 cm³/mol. The van der Waals surface area contributed by atoms with Crippen molar-refractivity contribution in [2.24, 2.45) is 5.92 Å². The smallest absolute Gasteiger partial charge is 0.253 e. The molecule has 0 unspecified atom stereocenters. The van der Waals surface area contributed by atoms with E-state index in [0.29, 0.717) is 6.10 Å². The van der Waals surface area contributed by atoms with Crippen molar-refractivity contribution < 1.29 is 14.3 Å². The van der Waals surface area contributed by atoms with Gasteiger partial charge >= 0.3 is 0 Å². The van der Waals surface area contributed by atoms with Gasteiger partial charge in [0.25, 0.3) is 5.91 Å².